The Labute approximate surface area is 266 Å². The highest BCUT2D eigenvalue weighted by Crippen LogP contribution is 2.23. The summed E-state index contributed by atoms with van der Waals surface area (Å²) in [6.07, 6.45) is 0.0647. The minimum atomic E-state index is -1.03. The lowest BCUT2D eigenvalue weighted by molar-refractivity contribution is -0.128. The smallest absolute Gasteiger partial charge is 0.410 e. The lowest BCUT2D eigenvalue weighted by atomic mass is 9.93. The number of rotatable bonds is 13. The van der Waals surface area contributed by atoms with Crippen LogP contribution in [0.2, 0.25) is 0 Å². The number of nitrogens with one attached hydrogen (secondary N) is 3. The molecule has 0 saturated carbocycles. The molecule has 0 bridgehead atoms. The average molecular weight is 615 g/mol. The van der Waals surface area contributed by atoms with Crippen LogP contribution in [0.15, 0.2) is 78.9 Å². The number of hydrogen-bond donors (Lipinski definition) is 4. The van der Waals surface area contributed by atoms with E-state index in [2.05, 4.69) is 16.0 Å². The van der Waals surface area contributed by atoms with Gasteiger partial charge in [0.15, 0.2) is 0 Å². The number of benzene rings is 3. The van der Waals surface area contributed by atoms with Crippen LogP contribution in [0.3, 0.4) is 0 Å². The van der Waals surface area contributed by atoms with Crippen molar-refractivity contribution < 1.29 is 24.2 Å². The van der Waals surface area contributed by atoms with E-state index < -0.39 is 30.3 Å². The highest BCUT2D eigenvalue weighted by Gasteiger charge is 2.35. The van der Waals surface area contributed by atoms with Crippen LogP contribution in [-0.2, 0) is 17.6 Å². The van der Waals surface area contributed by atoms with Gasteiger partial charge in [0.1, 0.15) is 11.8 Å². The Morgan fingerprint density at radius 2 is 1.49 bits per heavy atom. The molecule has 4 amide bonds. The largest absolute Gasteiger partial charge is 0.412 e. The van der Waals surface area contributed by atoms with E-state index in [1.807, 2.05) is 107 Å². The van der Waals surface area contributed by atoms with E-state index in [9.17, 15) is 19.5 Å². The van der Waals surface area contributed by atoms with Gasteiger partial charge in [0.2, 0.25) is 5.91 Å². The molecule has 0 aromatic heterocycles. The van der Waals surface area contributed by atoms with Crippen LogP contribution in [0.1, 0.15) is 48.9 Å². The van der Waals surface area contributed by atoms with Crippen molar-refractivity contribution in [1.82, 2.24) is 20.9 Å². The van der Waals surface area contributed by atoms with Gasteiger partial charge in [-0.1, -0.05) is 92.7 Å². The summed E-state index contributed by atoms with van der Waals surface area (Å²) in [7, 11) is 0. The van der Waals surface area contributed by atoms with Gasteiger partial charge < -0.3 is 30.7 Å². The first-order chi connectivity index (χ1) is 21.6. The zero-order valence-corrected chi connectivity index (χ0v) is 26.7. The second kappa shape index (κ2) is 16.1. The highest BCUT2D eigenvalue weighted by atomic mass is 16.6. The lowest BCUT2D eigenvalue weighted by Gasteiger charge is -2.37. The number of urea groups is 1. The van der Waals surface area contributed by atoms with Crippen molar-refractivity contribution >= 4 is 18.0 Å². The van der Waals surface area contributed by atoms with E-state index in [1.54, 1.807) is 4.90 Å². The number of hydrogen-bond acceptors (Lipinski definition) is 5. The maximum Gasteiger partial charge on any atom is 0.412 e. The lowest BCUT2D eigenvalue weighted by Crippen LogP contribution is -2.59. The molecule has 3 aromatic carbocycles. The van der Waals surface area contributed by atoms with E-state index in [1.165, 1.54) is 0 Å². The molecule has 1 fully saturated rings. The molecule has 240 valence electrons. The quantitative estimate of drug-likeness (QED) is 0.218. The van der Waals surface area contributed by atoms with E-state index in [0.29, 0.717) is 31.7 Å². The average Bonchev–Trinajstić information content (AvgIpc) is 3.00. The van der Waals surface area contributed by atoms with Gasteiger partial charge in [-0.15, -0.1) is 0 Å². The molecular formula is C36H46N4O5. The Kier molecular flexibility index (Phi) is 12.0. The number of para-hydroxylation sites is 1. The molecule has 0 radical (unpaired) electrons. The van der Waals surface area contributed by atoms with Crippen LogP contribution in [0, 0.1) is 19.8 Å². The first-order valence-corrected chi connectivity index (χ1v) is 15.8. The number of aliphatic hydroxyl groups excluding tert-OH is 1. The number of nitrogens with zero attached hydrogens (tertiary/aromatic N) is 1. The summed E-state index contributed by atoms with van der Waals surface area (Å²) in [4.78, 5) is 41.3. The third-order valence-corrected chi connectivity index (χ3v) is 8.22. The monoisotopic (exact) mass is 614 g/mol. The summed E-state index contributed by atoms with van der Waals surface area (Å²) in [5, 5.41) is 20.6. The summed E-state index contributed by atoms with van der Waals surface area (Å²) in [5.41, 5.74) is 3.60. The molecule has 9 heteroatoms. The fourth-order valence-electron chi connectivity index (χ4n) is 5.94. The maximum absolute atomic E-state index is 13.8. The molecule has 45 heavy (non-hydrogen) atoms. The molecule has 1 heterocycles. The predicted octanol–water partition coefficient (Wildman–Crippen LogP) is 4.92. The third-order valence-electron chi connectivity index (χ3n) is 8.22. The number of amides is 4. The van der Waals surface area contributed by atoms with Gasteiger partial charge in [-0.2, -0.15) is 0 Å². The van der Waals surface area contributed by atoms with Crippen molar-refractivity contribution in [2.24, 2.45) is 5.92 Å². The van der Waals surface area contributed by atoms with Gasteiger partial charge in [0, 0.05) is 19.1 Å². The molecule has 1 saturated heterocycles. The fraction of sp³-hybridized carbons (Fsp3) is 0.417. The van der Waals surface area contributed by atoms with Crippen LogP contribution in [0.25, 0.3) is 0 Å². The first-order valence-electron chi connectivity index (χ1n) is 15.8. The molecule has 4 rings (SSSR count). The fourth-order valence-corrected chi connectivity index (χ4v) is 5.94. The third kappa shape index (κ3) is 9.56. The van der Waals surface area contributed by atoms with Crippen molar-refractivity contribution in [3.63, 3.8) is 0 Å². The second-order valence-corrected chi connectivity index (χ2v) is 12.2. The van der Waals surface area contributed by atoms with Gasteiger partial charge >= 0.3 is 12.1 Å². The van der Waals surface area contributed by atoms with E-state index in [0.717, 1.165) is 28.7 Å². The molecule has 1 unspecified atom stereocenters. The van der Waals surface area contributed by atoms with Crippen molar-refractivity contribution in [2.45, 2.75) is 77.6 Å². The molecule has 4 N–H and O–H groups in total. The second-order valence-electron chi connectivity index (χ2n) is 12.2. The summed E-state index contributed by atoms with van der Waals surface area (Å²) in [6.45, 7) is 8.69. The topological polar surface area (TPSA) is 120 Å². The van der Waals surface area contributed by atoms with Gasteiger partial charge in [0.25, 0.3) is 0 Å². The molecule has 3 aromatic rings. The Balaban J connectivity index is 1.55. The van der Waals surface area contributed by atoms with Crippen LogP contribution in [0.4, 0.5) is 9.59 Å². The van der Waals surface area contributed by atoms with Crippen molar-refractivity contribution in [3.05, 3.63) is 101 Å². The molecule has 9 nitrogen and oxygen atoms in total. The van der Waals surface area contributed by atoms with Crippen molar-refractivity contribution in [1.29, 1.82) is 0 Å². The van der Waals surface area contributed by atoms with E-state index >= 15 is 0 Å². The first kappa shape index (κ1) is 33.5. The molecule has 1 aliphatic heterocycles. The number of carbonyl (C=O) groups excluding carboxylic acids is 3. The standard InChI is InChI=1S/C36H46N4O5/c1-24(2)32(40-20-12-19-37-35(40)43)34(42)38-29(21-27-15-7-5-8-16-27)23-31(41)30(22-28-17-9-6-10-18-28)39-36(44)45-33-25(3)13-11-14-26(33)4/h5-11,13-18,24,29-32,41H,12,19-23H2,1-4H3,(H,37,43)(H,38,42)(H,39,44)/t29-,30-,31-,32?/m0/s1. The normalized spacial score (nSPS) is 15.9. The Hall–Kier alpha value is -4.37. The minimum absolute atomic E-state index is 0.122. The molecule has 0 aliphatic carbocycles. The summed E-state index contributed by atoms with van der Waals surface area (Å²) in [6, 6.07) is 22.9. The minimum Gasteiger partial charge on any atom is -0.410 e. The highest BCUT2D eigenvalue weighted by molar-refractivity contribution is 5.87. The zero-order chi connectivity index (χ0) is 32.3. The molecule has 4 atom stereocenters. The molecular weight excluding hydrogens is 568 g/mol. The Morgan fingerprint density at radius 3 is 2.07 bits per heavy atom. The Bertz CT molecular complexity index is 1400. The van der Waals surface area contributed by atoms with Gasteiger partial charge in [-0.25, -0.2) is 9.59 Å². The molecule has 1 aliphatic rings. The van der Waals surface area contributed by atoms with E-state index in [4.69, 9.17) is 4.74 Å². The number of ether oxygens (including phenoxy) is 1. The number of aliphatic hydroxyl groups is 1. The van der Waals surface area contributed by atoms with Crippen LogP contribution < -0.4 is 20.7 Å². The summed E-state index contributed by atoms with van der Waals surface area (Å²) in [5.74, 6) is 0.0964. The van der Waals surface area contributed by atoms with Crippen LogP contribution in [0.5, 0.6) is 5.75 Å². The van der Waals surface area contributed by atoms with Gasteiger partial charge in [-0.3, -0.25) is 4.79 Å². The maximum atomic E-state index is 13.8. The van der Waals surface area contributed by atoms with Crippen molar-refractivity contribution in [3.8, 4) is 5.75 Å². The predicted molar refractivity (Wildman–Crippen MR) is 175 cm³/mol. The van der Waals surface area contributed by atoms with Gasteiger partial charge in [-0.05, 0) is 67.7 Å². The number of aryl methyl sites for hydroxylation is 2. The van der Waals surface area contributed by atoms with E-state index in [-0.39, 0.29) is 24.3 Å². The van der Waals surface area contributed by atoms with Crippen molar-refractivity contribution in [2.75, 3.05) is 13.1 Å². The summed E-state index contributed by atoms with van der Waals surface area (Å²) < 4.78 is 5.72. The molecule has 0 spiro atoms. The Morgan fingerprint density at radius 1 is 0.889 bits per heavy atom. The number of carbonyl (C=O) groups is 3. The van der Waals surface area contributed by atoms with Crippen LogP contribution >= 0.6 is 0 Å². The summed E-state index contributed by atoms with van der Waals surface area (Å²) >= 11 is 0. The van der Waals surface area contributed by atoms with Gasteiger partial charge in [0.05, 0.1) is 12.1 Å². The SMILES string of the molecule is Cc1cccc(C)c1OC(=O)N[C@@H](Cc1ccccc1)[C@@H](O)C[C@H](Cc1ccccc1)NC(=O)C(C(C)C)N1CCCNC1=O. The zero-order valence-electron chi connectivity index (χ0n) is 26.7. The van der Waals surface area contributed by atoms with Crippen LogP contribution in [-0.4, -0.2) is 65.4 Å².